The summed E-state index contributed by atoms with van der Waals surface area (Å²) in [5.74, 6) is 3.51. The highest BCUT2D eigenvalue weighted by atomic mass is 14.2. The summed E-state index contributed by atoms with van der Waals surface area (Å²) in [6.07, 6.45) is 2.80. The molecule has 0 saturated heterocycles. The van der Waals surface area contributed by atoms with E-state index in [2.05, 4.69) is 41.5 Å². The first-order valence-corrected chi connectivity index (χ1v) is 5.43. The van der Waals surface area contributed by atoms with Crippen LogP contribution in [0.25, 0.3) is 0 Å². The number of hydrogen-bond acceptors (Lipinski definition) is 0. The van der Waals surface area contributed by atoms with Crippen LogP contribution in [0.15, 0.2) is 0 Å². The topological polar surface area (TPSA) is 0 Å². The average Bonchev–Trinajstić information content (AvgIpc) is 1.83. The van der Waals surface area contributed by atoms with Crippen molar-refractivity contribution in [2.45, 2.75) is 54.4 Å². The van der Waals surface area contributed by atoms with Gasteiger partial charge in [0.2, 0.25) is 0 Å². The lowest BCUT2D eigenvalue weighted by atomic mass is 9.82. The quantitative estimate of drug-likeness (QED) is 0.575. The fourth-order valence-corrected chi connectivity index (χ4v) is 1.85. The first kappa shape index (κ1) is 12.0. The molecule has 0 aromatic carbocycles. The van der Waals surface area contributed by atoms with E-state index in [1.54, 1.807) is 0 Å². The fourth-order valence-electron chi connectivity index (χ4n) is 1.85. The Morgan fingerprint density at radius 2 is 1.00 bits per heavy atom. The fraction of sp³-hybridized carbons (Fsp3) is 1.00. The molecule has 0 fully saturated rings. The van der Waals surface area contributed by atoms with Gasteiger partial charge >= 0.3 is 0 Å². The van der Waals surface area contributed by atoms with E-state index in [1.165, 1.54) is 12.8 Å². The van der Waals surface area contributed by atoms with Crippen molar-refractivity contribution in [3.05, 3.63) is 0 Å². The van der Waals surface area contributed by atoms with Gasteiger partial charge in [-0.05, 0) is 36.5 Å². The van der Waals surface area contributed by atoms with Gasteiger partial charge in [0.1, 0.15) is 0 Å². The van der Waals surface area contributed by atoms with Crippen LogP contribution >= 0.6 is 0 Å². The maximum Gasteiger partial charge on any atom is -0.0386 e. The van der Waals surface area contributed by atoms with Crippen molar-refractivity contribution in [1.29, 1.82) is 0 Å². The van der Waals surface area contributed by atoms with Gasteiger partial charge in [0.25, 0.3) is 0 Å². The molecule has 0 N–H and O–H groups in total. The number of hydrogen-bond donors (Lipinski definition) is 0. The van der Waals surface area contributed by atoms with Crippen LogP contribution in [0.2, 0.25) is 0 Å². The molecule has 0 aliphatic heterocycles. The molecule has 0 aromatic heterocycles. The molecule has 0 radical (unpaired) electrons. The van der Waals surface area contributed by atoms with Gasteiger partial charge in [0, 0.05) is 0 Å². The monoisotopic (exact) mass is 170 g/mol. The van der Waals surface area contributed by atoms with Crippen LogP contribution in [0, 0.1) is 23.7 Å². The highest BCUT2D eigenvalue weighted by Gasteiger charge is 2.15. The second-order valence-electron chi connectivity index (χ2n) is 5.26. The van der Waals surface area contributed by atoms with E-state index < -0.39 is 0 Å². The second-order valence-corrected chi connectivity index (χ2v) is 5.26. The van der Waals surface area contributed by atoms with Gasteiger partial charge in [-0.25, -0.2) is 0 Å². The summed E-state index contributed by atoms with van der Waals surface area (Å²) in [6, 6.07) is 0. The maximum absolute atomic E-state index is 2.36. The predicted molar refractivity (Wildman–Crippen MR) is 57.2 cm³/mol. The lowest BCUT2D eigenvalue weighted by Gasteiger charge is -2.24. The van der Waals surface area contributed by atoms with Crippen LogP contribution in [0.1, 0.15) is 54.4 Å². The lowest BCUT2D eigenvalue weighted by molar-refractivity contribution is 0.268. The SMILES string of the molecule is CC(C)CC(CC(C)C)C(C)C. The highest BCUT2D eigenvalue weighted by molar-refractivity contribution is 4.66. The molecule has 0 amide bonds. The van der Waals surface area contributed by atoms with Crippen molar-refractivity contribution >= 4 is 0 Å². The summed E-state index contributed by atoms with van der Waals surface area (Å²) >= 11 is 0. The molecule has 0 aliphatic carbocycles. The summed E-state index contributed by atoms with van der Waals surface area (Å²) in [5.41, 5.74) is 0. The standard InChI is InChI=1S/C12H26/c1-9(2)7-12(11(5)6)8-10(3)4/h9-12H,7-8H2,1-6H3. The van der Waals surface area contributed by atoms with Crippen LogP contribution < -0.4 is 0 Å². The van der Waals surface area contributed by atoms with Gasteiger partial charge in [0.15, 0.2) is 0 Å². The van der Waals surface area contributed by atoms with Crippen LogP contribution in [0.5, 0.6) is 0 Å². The molecule has 0 heteroatoms. The minimum Gasteiger partial charge on any atom is -0.0628 e. The molecular weight excluding hydrogens is 144 g/mol. The molecule has 0 heterocycles. The molecule has 12 heavy (non-hydrogen) atoms. The molecule has 0 rings (SSSR count). The van der Waals surface area contributed by atoms with Gasteiger partial charge in [-0.1, -0.05) is 41.5 Å². The zero-order valence-electron chi connectivity index (χ0n) is 9.72. The minimum absolute atomic E-state index is 0.856. The molecule has 0 aromatic rings. The molecule has 0 saturated carbocycles. The summed E-state index contributed by atoms with van der Waals surface area (Å²) in [4.78, 5) is 0. The molecule has 74 valence electrons. The van der Waals surface area contributed by atoms with Crippen molar-refractivity contribution in [3.63, 3.8) is 0 Å². The molecular formula is C12H26. The third kappa shape index (κ3) is 5.62. The van der Waals surface area contributed by atoms with E-state index >= 15 is 0 Å². The first-order valence-electron chi connectivity index (χ1n) is 5.43. The van der Waals surface area contributed by atoms with Crippen LogP contribution in [0.4, 0.5) is 0 Å². The number of rotatable bonds is 5. The summed E-state index contributed by atoms with van der Waals surface area (Å²) in [7, 11) is 0. The largest absolute Gasteiger partial charge is 0.0628 e. The van der Waals surface area contributed by atoms with E-state index in [0.717, 1.165) is 23.7 Å². The average molecular weight is 170 g/mol. The Kier molecular flexibility index (Phi) is 5.61. The zero-order valence-corrected chi connectivity index (χ0v) is 9.72. The Balaban J connectivity index is 3.87. The van der Waals surface area contributed by atoms with Crippen molar-refractivity contribution in [2.24, 2.45) is 23.7 Å². The van der Waals surface area contributed by atoms with Crippen molar-refractivity contribution in [3.8, 4) is 0 Å². The zero-order chi connectivity index (χ0) is 9.72. The molecule has 0 nitrogen and oxygen atoms in total. The van der Waals surface area contributed by atoms with E-state index in [0.29, 0.717) is 0 Å². The van der Waals surface area contributed by atoms with Crippen molar-refractivity contribution in [2.75, 3.05) is 0 Å². The van der Waals surface area contributed by atoms with Crippen LogP contribution in [-0.2, 0) is 0 Å². The summed E-state index contributed by atoms with van der Waals surface area (Å²) in [5, 5.41) is 0. The Morgan fingerprint density at radius 3 is 1.17 bits per heavy atom. The second kappa shape index (κ2) is 5.61. The maximum atomic E-state index is 2.36. The Labute approximate surface area is 78.8 Å². The highest BCUT2D eigenvalue weighted by Crippen LogP contribution is 2.26. The van der Waals surface area contributed by atoms with E-state index in [9.17, 15) is 0 Å². The summed E-state index contributed by atoms with van der Waals surface area (Å²) in [6.45, 7) is 14.0. The van der Waals surface area contributed by atoms with Gasteiger partial charge in [-0.3, -0.25) is 0 Å². The Hall–Kier alpha value is 0. The van der Waals surface area contributed by atoms with Gasteiger partial charge in [-0.2, -0.15) is 0 Å². The van der Waals surface area contributed by atoms with Crippen molar-refractivity contribution < 1.29 is 0 Å². The Morgan fingerprint density at radius 1 is 0.667 bits per heavy atom. The molecule has 0 spiro atoms. The Bertz CT molecular complexity index is 90.6. The molecule has 0 unspecified atom stereocenters. The normalized spacial score (nSPS) is 12.5. The van der Waals surface area contributed by atoms with Gasteiger partial charge in [0.05, 0.1) is 0 Å². The smallest absolute Gasteiger partial charge is 0.0386 e. The van der Waals surface area contributed by atoms with Crippen LogP contribution in [0.3, 0.4) is 0 Å². The predicted octanol–water partition coefficient (Wildman–Crippen LogP) is 4.35. The van der Waals surface area contributed by atoms with E-state index in [1.807, 2.05) is 0 Å². The summed E-state index contributed by atoms with van der Waals surface area (Å²) < 4.78 is 0. The van der Waals surface area contributed by atoms with Crippen molar-refractivity contribution in [1.82, 2.24) is 0 Å². The minimum atomic E-state index is 0.856. The van der Waals surface area contributed by atoms with E-state index in [-0.39, 0.29) is 0 Å². The van der Waals surface area contributed by atoms with Crippen LogP contribution in [-0.4, -0.2) is 0 Å². The third-order valence-corrected chi connectivity index (χ3v) is 2.49. The molecule has 0 atom stereocenters. The van der Waals surface area contributed by atoms with Gasteiger partial charge in [-0.15, -0.1) is 0 Å². The van der Waals surface area contributed by atoms with Gasteiger partial charge < -0.3 is 0 Å². The first-order chi connectivity index (χ1) is 5.43. The van der Waals surface area contributed by atoms with E-state index in [4.69, 9.17) is 0 Å². The third-order valence-electron chi connectivity index (χ3n) is 2.49. The molecule has 0 bridgehead atoms. The molecule has 0 aliphatic rings. The lowest BCUT2D eigenvalue weighted by Crippen LogP contribution is -2.14.